The van der Waals surface area contributed by atoms with Crippen molar-refractivity contribution in [3.05, 3.63) is 35.1 Å². The van der Waals surface area contributed by atoms with E-state index in [1.165, 1.54) is 12.1 Å². The van der Waals surface area contributed by atoms with Crippen LogP contribution in [0.15, 0.2) is 18.2 Å². The summed E-state index contributed by atoms with van der Waals surface area (Å²) in [4.78, 5) is 0. The molecule has 2 atom stereocenters. The van der Waals surface area contributed by atoms with E-state index in [0.29, 0.717) is 0 Å². The summed E-state index contributed by atoms with van der Waals surface area (Å²) in [5, 5.41) is 0. The number of thioether (sulfide) groups is 1. The number of nitrogens with two attached hydrogens (primary N) is 1. The van der Waals surface area contributed by atoms with Gasteiger partial charge in [0.2, 0.25) is 0 Å². The lowest BCUT2D eigenvalue weighted by Gasteiger charge is -2.28. The zero-order chi connectivity index (χ0) is 11.5. The van der Waals surface area contributed by atoms with Crippen LogP contribution in [0, 0.1) is 12.7 Å². The predicted octanol–water partition coefficient (Wildman–Crippen LogP) is 2.27. The Hall–Kier alpha value is -0.580. The number of hydrogen-bond acceptors (Lipinski definition) is 3. The molecule has 1 fully saturated rings. The topological polar surface area (TPSA) is 35.2 Å². The van der Waals surface area contributed by atoms with E-state index in [2.05, 4.69) is 0 Å². The lowest BCUT2D eigenvalue weighted by Crippen LogP contribution is -2.35. The molecule has 0 radical (unpaired) electrons. The van der Waals surface area contributed by atoms with E-state index in [-0.39, 0.29) is 18.0 Å². The van der Waals surface area contributed by atoms with Crippen LogP contribution in [0.5, 0.6) is 0 Å². The lowest BCUT2D eigenvalue weighted by atomic mass is 9.98. The van der Waals surface area contributed by atoms with Crippen LogP contribution >= 0.6 is 11.8 Å². The normalized spacial score (nSPS) is 23.1. The van der Waals surface area contributed by atoms with Crippen LogP contribution in [0.1, 0.15) is 17.2 Å². The summed E-state index contributed by atoms with van der Waals surface area (Å²) in [5.74, 6) is 1.73. The van der Waals surface area contributed by atoms with Gasteiger partial charge in [-0.25, -0.2) is 4.39 Å². The van der Waals surface area contributed by atoms with Crippen LogP contribution in [-0.4, -0.2) is 24.2 Å². The van der Waals surface area contributed by atoms with E-state index in [0.717, 1.165) is 29.2 Å². The second kappa shape index (κ2) is 5.17. The maximum absolute atomic E-state index is 13.0. The Kier molecular flexibility index (Phi) is 3.84. The van der Waals surface area contributed by atoms with Gasteiger partial charge in [-0.1, -0.05) is 6.07 Å². The van der Waals surface area contributed by atoms with Gasteiger partial charge in [0.15, 0.2) is 0 Å². The fraction of sp³-hybridized carbons (Fsp3) is 0.500. The van der Waals surface area contributed by atoms with Crippen LogP contribution in [0.3, 0.4) is 0 Å². The average molecular weight is 241 g/mol. The molecule has 1 aromatic rings. The highest BCUT2D eigenvalue weighted by molar-refractivity contribution is 7.99. The van der Waals surface area contributed by atoms with E-state index >= 15 is 0 Å². The number of benzene rings is 1. The van der Waals surface area contributed by atoms with Crippen molar-refractivity contribution in [2.75, 3.05) is 18.1 Å². The Bertz CT molecular complexity index is 366. The first kappa shape index (κ1) is 11.9. The van der Waals surface area contributed by atoms with Crippen LogP contribution in [-0.2, 0) is 4.74 Å². The molecule has 2 unspecified atom stereocenters. The number of ether oxygens (including phenoxy) is 1. The van der Waals surface area contributed by atoms with Gasteiger partial charge in [-0.3, -0.25) is 0 Å². The molecule has 1 aliphatic heterocycles. The molecule has 1 heterocycles. The van der Waals surface area contributed by atoms with Crippen molar-refractivity contribution in [3.63, 3.8) is 0 Å². The third-order valence-corrected chi connectivity index (χ3v) is 3.85. The molecule has 0 aromatic heterocycles. The second-order valence-electron chi connectivity index (χ2n) is 4.01. The van der Waals surface area contributed by atoms with Crippen molar-refractivity contribution < 1.29 is 9.13 Å². The molecule has 2 rings (SSSR count). The van der Waals surface area contributed by atoms with E-state index in [9.17, 15) is 4.39 Å². The summed E-state index contributed by atoms with van der Waals surface area (Å²) >= 11 is 1.86. The molecule has 1 saturated heterocycles. The minimum atomic E-state index is -0.215. The van der Waals surface area contributed by atoms with Crippen molar-refractivity contribution in [1.29, 1.82) is 0 Å². The number of halogens is 1. The summed E-state index contributed by atoms with van der Waals surface area (Å²) in [6.45, 7) is 2.64. The molecule has 1 aliphatic rings. The maximum Gasteiger partial charge on any atom is 0.123 e. The quantitative estimate of drug-likeness (QED) is 0.862. The summed E-state index contributed by atoms with van der Waals surface area (Å²) in [6, 6.07) is 4.58. The zero-order valence-electron chi connectivity index (χ0n) is 9.28. The fourth-order valence-corrected chi connectivity index (χ4v) is 2.84. The smallest absolute Gasteiger partial charge is 0.123 e. The Balaban J connectivity index is 2.15. The Morgan fingerprint density at radius 3 is 3.00 bits per heavy atom. The van der Waals surface area contributed by atoms with Gasteiger partial charge >= 0.3 is 0 Å². The van der Waals surface area contributed by atoms with Gasteiger partial charge in [0.25, 0.3) is 0 Å². The monoisotopic (exact) mass is 241 g/mol. The standard InChI is InChI=1S/C12H16FNOS/c1-8-6-9(13)2-3-10(8)12(14)11-7-16-5-4-15-11/h2-3,6,11-12H,4-5,7,14H2,1H3. The molecule has 0 spiro atoms. The van der Waals surface area contributed by atoms with Gasteiger partial charge < -0.3 is 10.5 Å². The van der Waals surface area contributed by atoms with Gasteiger partial charge in [-0.05, 0) is 30.2 Å². The van der Waals surface area contributed by atoms with Crippen molar-refractivity contribution in [3.8, 4) is 0 Å². The van der Waals surface area contributed by atoms with Crippen LogP contribution in [0.25, 0.3) is 0 Å². The predicted molar refractivity (Wildman–Crippen MR) is 65.1 cm³/mol. The van der Waals surface area contributed by atoms with Gasteiger partial charge in [0.1, 0.15) is 5.82 Å². The van der Waals surface area contributed by atoms with E-state index in [1.807, 2.05) is 18.7 Å². The molecule has 4 heteroatoms. The molecule has 16 heavy (non-hydrogen) atoms. The van der Waals surface area contributed by atoms with Crippen molar-refractivity contribution in [2.24, 2.45) is 5.73 Å². The van der Waals surface area contributed by atoms with E-state index in [4.69, 9.17) is 10.5 Å². The van der Waals surface area contributed by atoms with Gasteiger partial charge in [-0.15, -0.1) is 0 Å². The number of rotatable bonds is 2. The van der Waals surface area contributed by atoms with E-state index in [1.54, 1.807) is 6.07 Å². The largest absolute Gasteiger partial charge is 0.375 e. The molecule has 2 N–H and O–H groups in total. The Labute approximate surface area is 99.4 Å². The average Bonchev–Trinajstić information content (AvgIpc) is 2.29. The molecule has 1 aromatic carbocycles. The van der Waals surface area contributed by atoms with E-state index < -0.39 is 0 Å². The Morgan fingerprint density at radius 1 is 1.56 bits per heavy atom. The summed E-state index contributed by atoms with van der Waals surface area (Å²) in [7, 11) is 0. The first-order chi connectivity index (χ1) is 7.68. The summed E-state index contributed by atoms with van der Waals surface area (Å²) in [6.07, 6.45) is 0.0444. The molecule has 88 valence electrons. The Morgan fingerprint density at radius 2 is 2.38 bits per heavy atom. The minimum Gasteiger partial charge on any atom is -0.375 e. The highest BCUT2D eigenvalue weighted by Crippen LogP contribution is 2.26. The lowest BCUT2D eigenvalue weighted by molar-refractivity contribution is 0.0568. The minimum absolute atomic E-state index is 0.0444. The third-order valence-electron chi connectivity index (χ3n) is 2.83. The maximum atomic E-state index is 13.0. The molecular formula is C12H16FNOS. The highest BCUT2D eigenvalue weighted by Gasteiger charge is 2.24. The summed E-state index contributed by atoms with van der Waals surface area (Å²) < 4.78 is 18.6. The molecule has 0 bridgehead atoms. The van der Waals surface area contributed by atoms with Crippen molar-refractivity contribution in [2.45, 2.75) is 19.1 Å². The second-order valence-corrected chi connectivity index (χ2v) is 5.16. The SMILES string of the molecule is Cc1cc(F)ccc1C(N)C1CSCCO1. The van der Waals surface area contributed by atoms with Crippen molar-refractivity contribution in [1.82, 2.24) is 0 Å². The highest BCUT2D eigenvalue weighted by atomic mass is 32.2. The molecule has 2 nitrogen and oxygen atoms in total. The first-order valence-corrected chi connectivity index (χ1v) is 6.55. The van der Waals surface area contributed by atoms with Gasteiger partial charge in [0, 0.05) is 11.5 Å². The molecule has 0 amide bonds. The zero-order valence-corrected chi connectivity index (χ0v) is 10.1. The van der Waals surface area contributed by atoms with Gasteiger partial charge in [0.05, 0.1) is 18.8 Å². The molecule has 0 aliphatic carbocycles. The molecule has 0 saturated carbocycles. The fourth-order valence-electron chi connectivity index (χ4n) is 1.93. The van der Waals surface area contributed by atoms with Crippen LogP contribution < -0.4 is 5.73 Å². The summed E-state index contributed by atoms with van der Waals surface area (Å²) in [5.41, 5.74) is 8.04. The number of aryl methyl sites for hydroxylation is 1. The van der Waals surface area contributed by atoms with Crippen molar-refractivity contribution >= 4 is 11.8 Å². The van der Waals surface area contributed by atoms with Gasteiger partial charge in [-0.2, -0.15) is 11.8 Å². The van der Waals surface area contributed by atoms with Crippen LogP contribution in [0.2, 0.25) is 0 Å². The third kappa shape index (κ3) is 2.56. The number of hydrogen-bond donors (Lipinski definition) is 1. The first-order valence-electron chi connectivity index (χ1n) is 5.39. The van der Waals surface area contributed by atoms with Crippen LogP contribution in [0.4, 0.5) is 4.39 Å². The molecular weight excluding hydrogens is 225 g/mol.